The Balaban J connectivity index is 1.61. The van der Waals surface area contributed by atoms with Crippen LogP contribution in [0.1, 0.15) is 36.7 Å². The summed E-state index contributed by atoms with van der Waals surface area (Å²) < 4.78 is 11.3. The first-order valence-electron chi connectivity index (χ1n) is 8.43. The van der Waals surface area contributed by atoms with Crippen molar-refractivity contribution in [1.29, 1.82) is 0 Å². The molecule has 2 heterocycles. The summed E-state index contributed by atoms with van der Waals surface area (Å²) in [6.07, 6.45) is 1.73. The van der Waals surface area contributed by atoms with Crippen LogP contribution in [0.25, 0.3) is 6.08 Å². The number of rotatable bonds is 3. The summed E-state index contributed by atoms with van der Waals surface area (Å²) in [7, 11) is 0. The van der Waals surface area contributed by atoms with E-state index < -0.39 is 5.97 Å². The maximum absolute atomic E-state index is 12.6. The van der Waals surface area contributed by atoms with Gasteiger partial charge in [0.05, 0.1) is 11.1 Å². The molecule has 3 aromatic rings. The number of Topliss-reactive ketones (excluding diaryl/α,β-unsaturated/α-hetero) is 1. The lowest BCUT2D eigenvalue weighted by molar-refractivity contribution is 0.0733. The van der Waals surface area contributed by atoms with Gasteiger partial charge in [-0.25, -0.2) is 4.79 Å². The van der Waals surface area contributed by atoms with Crippen molar-refractivity contribution in [2.45, 2.75) is 13.8 Å². The average Bonchev–Trinajstić information content (AvgIpc) is 3.28. The van der Waals surface area contributed by atoms with Gasteiger partial charge in [-0.2, -0.15) is 0 Å². The molecule has 0 saturated heterocycles. The van der Waals surface area contributed by atoms with Gasteiger partial charge < -0.3 is 9.47 Å². The van der Waals surface area contributed by atoms with Crippen molar-refractivity contribution in [3.63, 3.8) is 0 Å². The van der Waals surface area contributed by atoms with E-state index in [1.54, 1.807) is 37.3 Å². The van der Waals surface area contributed by atoms with Crippen LogP contribution in [0, 0.1) is 13.8 Å². The van der Waals surface area contributed by atoms with Crippen molar-refractivity contribution in [2.75, 3.05) is 0 Å². The monoisotopic (exact) mass is 376 g/mol. The topological polar surface area (TPSA) is 52.6 Å². The van der Waals surface area contributed by atoms with Crippen molar-refractivity contribution in [1.82, 2.24) is 0 Å². The molecule has 27 heavy (non-hydrogen) atoms. The van der Waals surface area contributed by atoms with Crippen molar-refractivity contribution in [2.24, 2.45) is 0 Å². The average molecular weight is 376 g/mol. The van der Waals surface area contributed by atoms with Crippen LogP contribution >= 0.6 is 11.3 Å². The fourth-order valence-electron chi connectivity index (χ4n) is 2.83. The highest BCUT2D eigenvalue weighted by Gasteiger charge is 2.30. The number of hydrogen-bond acceptors (Lipinski definition) is 5. The highest BCUT2D eigenvalue weighted by atomic mass is 32.1. The predicted molar refractivity (Wildman–Crippen MR) is 105 cm³/mol. The Morgan fingerprint density at radius 2 is 1.85 bits per heavy atom. The van der Waals surface area contributed by atoms with Crippen molar-refractivity contribution >= 4 is 29.2 Å². The standard InChI is InChI=1S/C22H16O4S/c1-13-5-7-15(8-6-13)22(24)26-18-10-9-17-20(23)19(25-21(17)14(18)2)12-16-4-3-11-27-16/h3-12H,1-2H3/b19-12-. The number of aryl methyl sites for hydroxylation is 1. The highest BCUT2D eigenvalue weighted by Crippen LogP contribution is 2.39. The van der Waals surface area contributed by atoms with E-state index >= 15 is 0 Å². The number of esters is 1. The largest absolute Gasteiger partial charge is 0.452 e. The van der Waals surface area contributed by atoms with Crippen molar-refractivity contribution < 1.29 is 19.1 Å². The first-order chi connectivity index (χ1) is 13.0. The van der Waals surface area contributed by atoms with Gasteiger partial charge in [0.2, 0.25) is 5.78 Å². The fraction of sp³-hybridized carbons (Fsp3) is 0.0909. The van der Waals surface area contributed by atoms with Gasteiger partial charge in [0.1, 0.15) is 11.5 Å². The summed E-state index contributed by atoms with van der Waals surface area (Å²) in [5, 5.41) is 1.94. The number of allylic oxidation sites excluding steroid dienone is 1. The first kappa shape index (κ1) is 17.2. The number of thiophene rings is 1. The summed E-state index contributed by atoms with van der Waals surface area (Å²) in [6.45, 7) is 3.73. The Morgan fingerprint density at radius 1 is 1.07 bits per heavy atom. The Hall–Kier alpha value is -3.18. The molecule has 0 spiro atoms. The van der Waals surface area contributed by atoms with Gasteiger partial charge in [-0.15, -0.1) is 11.3 Å². The van der Waals surface area contributed by atoms with Crippen LogP contribution in [-0.2, 0) is 0 Å². The molecular weight excluding hydrogens is 360 g/mol. The number of carbonyl (C=O) groups is 2. The van der Waals surface area contributed by atoms with Gasteiger partial charge in [-0.3, -0.25) is 4.79 Å². The van der Waals surface area contributed by atoms with Crippen LogP contribution in [0.2, 0.25) is 0 Å². The van der Waals surface area contributed by atoms with E-state index in [2.05, 4.69) is 0 Å². The molecule has 4 nitrogen and oxygen atoms in total. The molecule has 0 amide bonds. The third-order valence-corrected chi connectivity index (χ3v) is 5.16. The second kappa shape index (κ2) is 6.85. The van der Waals surface area contributed by atoms with E-state index in [0.29, 0.717) is 28.2 Å². The van der Waals surface area contributed by atoms with Gasteiger partial charge in [0.15, 0.2) is 5.76 Å². The lowest BCUT2D eigenvalue weighted by Crippen LogP contribution is -2.09. The van der Waals surface area contributed by atoms with E-state index in [1.165, 1.54) is 11.3 Å². The summed E-state index contributed by atoms with van der Waals surface area (Å²) in [5.74, 6) is 0.480. The third kappa shape index (κ3) is 3.29. The predicted octanol–water partition coefficient (Wildman–Crippen LogP) is 5.20. The van der Waals surface area contributed by atoms with E-state index in [0.717, 1.165) is 10.4 Å². The minimum Gasteiger partial charge on any atom is -0.452 e. The molecule has 1 aliphatic heterocycles. The molecule has 1 aromatic heterocycles. The molecule has 2 aromatic carbocycles. The fourth-order valence-corrected chi connectivity index (χ4v) is 3.48. The van der Waals surface area contributed by atoms with Crippen LogP contribution in [-0.4, -0.2) is 11.8 Å². The highest BCUT2D eigenvalue weighted by molar-refractivity contribution is 7.10. The zero-order chi connectivity index (χ0) is 19.0. The van der Waals surface area contributed by atoms with Crippen molar-refractivity contribution in [3.05, 3.63) is 86.8 Å². The molecule has 0 N–H and O–H groups in total. The molecule has 0 aliphatic carbocycles. The van der Waals surface area contributed by atoms with Gasteiger partial charge in [-0.05, 0) is 49.6 Å². The smallest absolute Gasteiger partial charge is 0.343 e. The molecule has 0 unspecified atom stereocenters. The number of benzene rings is 2. The second-order valence-electron chi connectivity index (χ2n) is 6.28. The van der Waals surface area contributed by atoms with Gasteiger partial charge >= 0.3 is 5.97 Å². The molecule has 1 aliphatic rings. The molecule has 0 atom stereocenters. The van der Waals surface area contributed by atoms with E-state index in [9.17, 15) is 9.59 Å². The number of hydrogen-bond donors (Lipinski definition) is 0. The van der Waals surface area contributed by atoms with Crippen LogP contribution in [0.4, 0.5) is 0 Å². The SMILES string of the molecule is Cc1ccc(C(=O)Oc2ccc3c(c2C)O/C(=C\c2cccs2)C3=O)cc1. The van der Waals surface area contributed by atoms with Gasteiger partial charge in [0, 0.05) is 16.5 Å². The normalized spacial score (nSPS) is 14.1. The number of ketones is 1. The summed E-state index contributed by atoms with van der Waals surface area (Å²) >= 11 is 1.53. The van der Waals surface area contributed by atoms with Crippen LogP contribution < -0.4 is 9.47 Å². The molecule has 4 rings (SSSR count). The van der Waals surface area contributed by atoms with E-state index in [1.807, 2.05) is 36.6 Å². The Labute approximate surface area is 160 Å². The van der Waals surface area contributed by atoms with Crippen molar-refractivity contribution in [3.8, 4) is 11.5 Å². The molecule has 0 fully saturated rings. The van der Waals surface area contributed by atoms with Crippen LogP contribution in [0.15, 0.2) is 59.7 Å². The molecule has 0 radical (unpaired) electrons. The Morgan fingerprint density at radius 3 is 2.56 bits per heavy atom. The van der Waals surface area contributed by atoms with Crippen LogP contribution in [0.3, 0.4) is 0 Å². The number of carbonyl (C=O) groups excluding carboxylic acids is 2. The maximum atomic E-state index is 12.6. The lowest BCUT2D eigenvalue weighted by Gasteiger charge is -2.10. The number of ether oxygens (including phenoxy) is 2. The molecular formula is C22H16O4S. The molecule has 0 saturated carbocycles. The summed E-state index contributed by atoms with van der Waals surface area (Å²) in [6, 6.07) is 14.3. The second-order valence-corrected chi connectivity index (χ2v) is 7.26. The minimum absolute atomic E-state index is 0.169. The zero-order valence-corrected chi connectivity index (χ0v) is 15.6. The third-order valence-electron chi connectivity index (χ3n) is 4.34. The van der Waals surface area contributed by atoms with Gasteiger partial charge in [-0.1, -0.05) is 23.8 Å². The van der Waals surface area contributed by atoms with Crippen LogP contribution in [0.5, 0.6) is 11.5 Å². The summed E-state index contributed by atoms with van der Waals surface area (Å²) in [4.78, 5) is 25.9. The van der Waals surface area contributed by atoms with E-state index in [4.69, 9.17) is 9.47 Å². The molecule has 0 bridgehead atoms. The first-order valence-corrected chi connectivity index (χ1v) is 9.31. The minimum atomic E-state index is -0.447. The quantitative estimate of drug-likeness (QED) is 0.358. The zero-order valence-electron chi connectivity index (χ0n) is 14.8. The number of fused-ring (bicyclic) bond motifs is 1. The molecule has 5 heteroatoms. The van der Waals surface area contributed by atoms with Gasteiger partial charge in [0.25, 0.3) is 0 Å². The lowest BCUT2D eigenvalue weighted by atomic mass is 10.1. The Kier molecular flexibility index (Phi) is 4.38. The van der Waals surface area contributed by atoms with E-state index in [-0.39, 0.29) is 11.5 Å². The summed E-state index contributed by atoms with van der Waals surface area (Å²) in [5.41, 5.74) is 2.63. The Bertz CT molecular complexity index is 1060. The maximum Gasteiger partial charge on any atom is 0.343 e. The molecule has 134 valence electrons.